The van der Waals surface area contributed by atoms with Gasteiger partial charge in [-0.25, -0.2) is 0 Å². The summed E-state index contributed by atoms with van der Waals surface area (Å²) in [7, 11) is 0. The molecule has 13 heavy (non-hydrogen) atoms. The molecule has 5 heteroatoms. The number of aryl methyl sites for hydroxylation is 1. The van der Waals surface area contributed by atoms with Crippen molar-refractivity contribution in [1.29, 1.82) is 0 Å². The van der Waals surface area contributed by atoms with E-state index in [1.807, 2.05) is 6.92 Å². The van der Waals surface area contributed by atoms with Crippen molar-refractivity contribution in [3.63, 3.8) is 0 Å². The van der Waals surface area contributed by atoms with Gasteiger partial charge in [-0.3, -0.25) is 10.1 Å². The molecular formula is C8H9ClN2O2. The number of nitrogen functional groups attached to an aromatic ring is 1. The molecule has 0 heterocycles. The molecule has 1 aromatic rings. The molecule has 0 unspecified atom stereocenters. The Morgan fingerprint density at radius 3 is 2.69 bits per heavy atom. The number of nitrogens with two attached hydrogens (primary N) is 1. The second kappa shape index (κ2) is 3.62. The minimum Gasteiger partial charge on any atom is -0.393 e. The second-order valence-electron chi connectivity index (χ2n) is 2.61. The Bertz CT molecular complexity index is 352. The van der Waals surface area contributed by atoms with Gasteiger partial charge in [-0.2, -0.15) is 0 Å². The van der Waals surface area contributed by atoms with Crippen LogP contribution in [0.25, 0.3) is 0 Å². The summed E-state index contributed by atoms with van der Waals surface area (Å²) in [6.45, 7) is 1.91. The van der Waals surface area contributed by atoms with Crippen LogP contribution in [0.1, 0.15) is 12.5 Å². The molecule has 2 N–H and O–H groups in total. The molecule has 0 saturated heterocycles. The number of nitrogens with zero attached hydrogens (tertiary/aromatic N) is 1. The van der Waals surface area contributed by atoms with Gasteiger partial charge in [-0.1, -0.05) is 18.5 Å². The van der Waals surface area contributed by atoms with Gasteiger partial charge in [-0.05, 0) is 18.1 Å². The smallest absolute Gasteiger partial charge is 0.293 e. The third-order valence-corrected chi connectivity index (χ3v) is 2.13. The standard InChI is InChI=1S/C8H9ClN2O2/c1-2-5-3-7(10)8(11(12)13)4-6(5)9/h3-4H,2,10H2,1H3. The summed E-state index contributed by atoms with van der Waals surface area (Å²) >= 11 is 5.79. The van der Waals surface area contributed by atoms with E-state index < -0.39 is 4.92 Å². The lowest BCUT2D eigenvalue weighted by Gasteiger charge is -2.02. The maximum absolute atomic E-state index is 10.4. The van der Waals surface area contributed by atoms with E-state index >= 15 is 0 Å². The van der Waals surface area contributed by atoms with Crippen LogP contribution >= 0.6 is 11.6 Å². The first-order valence-corrected chi connectivity index (χ1v) is 4.16. The van der Waals surface area contributed by atoms with Gasteiger partial charge in [0.1, 0.15) is 5.69 Å². The van der Waals surface area contributed by atoms with E-state index in [0.29, 0.717) is 11.4 Å². The van der Waals surface area contributed by atoms with E-state index in [4.69, 9.17) is 17.3 Å². The van der Waals surface area contributed by atoms with E-state index in [-0.39, 0.29) is 11.4 Å². The summed E-state index contributed by atoms with van der Waals surface area (Å²) < 4.78 is 0. The first kappa shape index (κ1) is 9.80. The van der Waals surface area contributed by atoms with Gasteiger partial charge in [0, 0.05) is 6.07 Å². The number of hydrogen-bond acceptors (Lipinski definition) is 3. The first-order chi connectivity index (χ1) is 6.06. The lowest BCUT2D eigenvalue weighted by molar-refractivity contribution is -0.383. The lowest BCUT2D eigenvalue weighted by atomic mass is 10.1. The van der Waals surface area contributed by atoms with E-state index in [0.717, 1.165) is 5.56 Å². The Hall–Kier alpha value is -1.29. The molecule has 0 aliphatic carbocycles. The number of halogens is 1. The third-order valence-electron chi connectivity index (χ3n) is 1.77. The fourth-order valence-electron chi connectivity index (χ4n) is 1.06. The molecule has 0 aliphatic rings. The van der Waals surface area contributed by atoms with Crippen molar-refractivity contribution in [1.82, 2.24) is 0 Å². The van der Waals surface area contributed by atoms with Crippen molar-refractivity contribution in [2.75, 3.05) is 5.73 Å². The van der Waals surface area contributed by atoms with Crippen LogP contribution in [0.5, 0.6) is 0 Å². The van der Waals surface area contributed by atoms with Gasteiger partial charge >= 0.3 is 0 Å². The van der Waals surface area contributed by atoms with E-state index in [1.165, 1.54) is 6.07 Å². The largest absolute Gasteiger partial charge is 0.393 e. The molecule has 70 valence electrons. The molecule has 0 aliphatic heterocycles. The predicted molar refractivity (Wildman–Crippen MR) is 51.9 cm³/mol. The number of anilines is 1. The molecule has 0 bridgehead atoms. The normalized spacial score (nSPS) is 10.0. The van der Waals surface area contributed by atoms with Crippen molar-refractivity contribution >= 4 is 23.0 Å². The molecule has 0 atom stereocenters. The van der Waals surface area contributed by atoms with Crippen LogP contribution in [-0.2, 0) is 6.42 Å². The first-order valence-electron chi connectivity index (χ1n) is 3.78. The van der Waals surface area contributed by atoms with Gasteiger partial charge in [-0.15, -0.1) is 0 Å². The molecule has 0 saturated carbocycles. The van der Waals surface area contributed by atoms with E-state index in [9.17, 15) is 10.1 Å². The highest BCUT2D eigenvalue weighted by atomic mass is 35.5. The molecular weight excluding hydrogens is 192 g/mol. The summed E-state index contributed by atoms with van der Waals surface area (Å²) in [5.74, 6) is 0. The fourth-order valence-corrected chi connectivity index (χ4v) is 1.35. The molecule has 1 rings (SSSR count). The predicted octanol–water partition coefficient (Wildman–Crippen LogP) is 2.39. The Labute approximate surface area is 80.5 Å². The zero-order valence-electron chi connectivity index (χ0n) is 7.08. The van der Waals surface area contributed by atoms with Crippen LogP contribution in [0.3, 0.4) is 0 Å². The minimum absolute atomic E-state index is 0.137. The summed E-state index contributed by atoms with van der Waals surface area (Å²) in [4.78, 5) is 9.90. The van der Waals surface area contributed by atoms with Crippen LogP contribution < -0.4 is 5.73 Å². The van der Waals surface area contributed by atoms with Crippen molar-refractivity contribution < 1.29 is 4.92 Å². The van der Waals surface area contributed by atoms with Gasteiger partial charge in [0.15, 0.2) is 0 Å². The summed E-state index contributed by atoms with van der Waals surface area (Å²) in [6, 6.07) is 2.83. The van der Waals surface area contributed by atoms with Gasteiger partial charge in [0.2, 0.25) is 0 Å². The van der Waals surface area contributed by atoms with Crippen molar-refractivity contribution in [3.05, 3.63) is 32.8 Å². The van der Waals surface area contributed by atoms with Crippen molar-refractivity contribution in [2.24, 2.45) is 0 Å². The highest BCUT2D eigenvalue weighted by Gasteiger charge is 2.13. The maximum Gasteiger partial charge on any atom is 0.293 e. The highest BCUT2D eigenvalue weighted by Crippen LogP contribution is 2.28. The van der Waals surface area contributed by atoms with Gasteiger partial charge in [0.25, 0.3) is 5.69 Å². The molecule has 0 fully saturated rings. The molecule has 0 amide bonds. The number of nitro groups is 1. The average molecular weight is 201 g/mol. The van der Waals surface area contributed by atoms with Gasteiger partial charge < -0.3 is 5.73 Å². The SMILES string of the molecule is CCc1cc(N)c([N+](=O)[O-])cc1Cl. The number of nitro benzene ring substituents is 1. The summed E-state index contributed by atoms with van der Waals surface area (Å²) in [6.07, 6.45) is 0.709. The zero-order chi connectivity index (χ0) is 10.0. The molecule has 0 spiro atoms. The Morgan fingerprint density at radius 1 is 1.62 bits per heavy atom. The molecule has 0 aromatic heterocycles. The zero-order valence-corrected chi connectivity index (χ0v) is 7.84. The molecule has 1 aromatic carbocycles. The number of benzene rings is 1. The van der Waals surface area contributed by atoms with E-state index in [2.05, 4.69) is 0 Å². The van der Waals surface area contributed by atoms with Gasteiger partial charge in [0.05, 0.1) is 9.95 Å². The van der Waals surface area contributed by atoms with E-state index in [1.54, 1.807) is 6.07 Å². The summed E-state index contributed by atoms with van der Waals surface area (Å²) in [5, 5.41) is 10.8. The monoisotopic (exact) mass is 200 g/mol. The molecule has 0 radical (unpaired) electrons. The lowest BCUT2D eigenvalue weighted by Crippen LogP contribution is -1.97. The quantitative estimate of drug-likeness (QED) is 0.453. The highest BCUT2D eigenvalue weighted by molar-refractivity contribution is 6.31. The molecule has 4 nitrogen and oxygen atoms in total. The van der Waals surface area contributed by atoms with Crippen LogP contribution in [0.4, 0.5) is 11.4 Å². The van der Waals surface area contributed by atoms with Crippen molar-refractivity contribution in [3.8, 4) is 0 Å². The second-order valence-corrected chi connectivity index (χ2v) is 3.02. The number of rotatable bonds is 2. The van der Waals surface area contributed by atoms with Crippen LogP contribution in [0.2, 0.25) is 5.02 Å². The average Bonchev–Trinajstić information content (AvgIpc) is 2.07. The topological polar surface area (TPSA) is 69.2 Å². The minimum atomic E-state index is -0.541. The Balaban J connectivity index is 3.28. The number of hydrogen-bond donors (Lipinski definition) is 1. The van der Waals surface area contributed by atoms with Crippen LogP contribution in [-0.4, -0.2) is 4.92 Å². The Morgan fingerprint density at radius 2 is 2.23 bits per heavy atom. The van der Waals surface area contributed by atoms with Crippen molar-refractivity contribution in [2.45, 2.75) is 13.3 Å². The van der Waals surface area contributed by atoms with Crippen LogP contribution in [0, 0.1) is 10.1 Å². The third kappa shape index (κ3) is 1.89. The Kier molecular flexibility index (Phi) is 2.72. The fraction of sp³-hybridized carbons (Fsp3) is 0.250. The summed E-state index contributed by atoms with van der Waals surface area (Å²) in [5.41, 5.74) is 6.31. The van der Waals surface area contributed by atoms with Crippen LogP contribution in [0.15, 0.2) is 12.1 Å². The maximum atomic E-state index is 10.4.